The zero-order chi connectivity index (χ0) is 13.8. The second-order valence-electron chi connectivity index (χ2n) is 4.65. The van der Waals surface area contributed by atoms with Crippen molar-refractivity contribution in [3.63, 3.8) is 0 Å². The summed E-state index contributed by atoms with van der Waals surface area (Å²) in [5.74, 6) is 0.00304. The summed E-state index contributed by atoms with van der Waals surface area (Å²) in [5.41, 5.74) is 3.01. The first-order chi connectivity index (χ1) is 9.83. The number of benzene rings is 1. The number of rotatable bonds is 4. The molecule has 0 aliphatic carbocycles. The third-order valence-corrected chi connectivity index (χ3v) is 3.24. The number of hydrogen-bond acceptors (Lipinski definition) is 2. The van der Waals surface area contributed by atoms with Crippen LogP contribution >= 0.6 is 0 Å². The van der Waals surface area contributed by atoms with Gasteiger partial charge >= 0.3 is 0 Å². The quantitative estimate of drug-likeness (QED) is 0.761. The molecule has 1 amide bonds. The largest absolute Gasteiger partial charge is 0.361 e. The van der Waals surface area contributed by atoms with Gasteiger partial charge in [0.2, 0.25) is 5.91 Å². The Labute approximate surface area is 116 Å². The fourth-order valence-electron chi connectivity index (χ4n) is 2.25. The number of amides is 1. The van der Waals surface area contributed by atoms with Gasteiger partial charge in [0.05, 0.1) is 11.9 Å². The second-order valence-corrected chi connectivity index (χ2v) is 4.65. The van der Waals surface area contributed by atoms with Crippen molar-refractivity contribution in [1.29, 1.82) is 0 Å². The summed E-state index contributed by atoms with van der Waals surface area (Å²) in [4.78, 5) is 19.1. The van der Waals surface area contributed by atoms with E-state index >= 15 is 0 Å². The Morgan fingerprint density at radius 2 is 2.10 bits per heavy atom. The first-order valence-corrected chi connectivity index (χ1v) is 6.58. The van der Waals surface area contributed by atoms with E-state index in [0.717, 1.165) is 17.6 Å². The number of nitrogens with one attached hydrogen (secondary N) is 2. The van der Waals surface area contributed by atoms with E-state index in [1.165, 1.54) is 10.9 Å². The zero-order valence-electron chi connectivity index (χ0n) is 11.0. The van der Waals surface area contributed by atoms with Gasteiger partial charge < -0.3 is 10.3 Å². The molecule has 20 heavy (non-hydrogen) atoms. The van der Waals surface area contributed by atoms with Gasteiger partial charge in [0, 0.05) is 29.7 Å². The van der Waals surface area contributed by atoms with E-state index < -0.39 is 0 Å². The number of hydrogen-bond donors (Lipinski definition) is 2. The van der Waals surface area contributed by atoms with Gasteiger partial charge in [-0.1, -0.05) is 18.2 Å². The van der Waals surface area contributed by atoms with Crippen LogP contribution in [0.3, 0.4) is 0 Å². The minimum absolute atomic E-state index is 0.00304. The number of anilines is 1. The minimum Gasteiger partial charge on any atom is -0.361 e. The average molecular weight is 265 g/mol. The molecule has 0 aliphatic heterocycles. The van der Waals surface area contributed by atoms with Crippen molar-refractivity contribution in [2.24, 2.45) is 0 Å². The van der Waals surface area contributed by atoms with Crippen LogP contribution in [-0.2, 0) is 11.2 Å². The van der Waals surface area contributed by atoms with Crippen LogP contribution in [0.1, 0.15) is 12.0 Å². The highest BCUT2D eigenvalue weighted by Gasteiger charge is 2.06. The molecule has 0 bridgehead atoms. The van der Waals surface area contributed by atoms with Crippen LogP contribution in [0, 0.1) is 0 Å². The molecule has 0 atom stereocenters. The van der Waals surface area contributed by atoms with E-state index in [4.69, 9.17) is 0 Å². The lowest BCUT2D eigenvalue weighted by Gasteiger charge is -2.04. The van der Waals surface area contributed by atoms with Gasteiger partial charge in [-0.25, -0.2) is 0 Å². The smallest absolute Gasteiger partial charge is 0.224 e. The lowest BCUT2D eigenvalue weighted by atomic mass is 10.1. The van der Waals surface area contributed by atoms with Gasteiger partial charge in [-0.3, -0.25) is 9.78 Å². The van der Waals surface area contributed by atoms with Gasteiger partial charge in [0.25, 0.3) is 0 Å². The molecule has 2 N–H and O–H groups in total. The molecule has 1 aromatic carbocycles. The molecular formula is C16H15N3O. The van der Waals surface area contributed by atoms with Crippen LogP contribution in [-0.4, -0.2) is 15.9 Å². The van der Waals surface area contributed by atoms with Crippen molar-refractivity contribution in [2.75, 3.05) is 5.32 Å². The maximum Gasteiger partial charge on any atom is 0.224 e. The Kier molecular flexibility index (Phi) is 3.46. The van der Waals surface area contributed by atoms with Crippen molar-refractivity contribution in [3.05, 3.63) is 60.6 Å². The van der Waals surface area contributed by atoms with E-state index in [0.29, 0.717) is 6.42 Å². The lowest BCUT2D eigenvalue weighted by Crippen LogP contribution is -2.12. The molecule has 0 unspecified atom stereocenters. The Hall–Kier alpha value is -2.62. The van der Waals surface area contributed by atoms with Crippen molar-refractivity contribution in [1.82, 2.24) is 9.97 Å². The fraction of sp³-hybridized carbons (Fsp3) is 0.125. The van der Waals surface area contributed by atoms with Crippen molar-refractivity contribution in [3.8, 4) is 0 Å². The summed E-state index contributed by atoms with van der Waals surface area (Å²) in [5, 5.41) is 4.02. The van der Waals surface area contributed by atoms with Crippen molar-refractivity contribution in [2.45, 2.75) is 12.8 Å². The van der Waals surface area contributed by atoms with Crippen LogP contribution in [0.4, 0.5) is 5.69 Å². The highest BCUT2D eigenvalue weighted by Crippen LogP contribution is 2.19. The second kappa shape index (κ2) is 5.57. The van der Waals surface area contributed by atoms with Gasteiger partial charge in [-0.05, 0) is 30.2 Å². The highest BCUT2D eigenvalue weighted by molar-refractivity contribution is 5.91. The predicted molar refractivity (Wildman–Crippen MR) is 79.5 cm³/mol. The molecule has 2 heterocycles. The number of aryl methyl sites for hydroxylation is 1. The molecular weight excluding hydrogens is 250 g/mol. The van der Waals surface area contributed by atoms with Crippen LogP contribution in [0.25, 0.3) is 10.9 Å². The molecule has 0 spiro atoms. The SMILES string of the molecule is O=C(CCc1c[nH]c2ccccc12)Nc1cccnc1. The summed E-state index contributed by atoms with van der Waals surface area (Å²) >= 11 is 0. The van der Waals surface area contributed by atoms with Gasteiger partial charge in [-0.15, -0.1) is 0 Å². The molecule has 3 rings (SSSR count). The molecule has 0 fully saturated rings. The molecule has 4 nitrogen and oxygen atoms in total. The van der Waals surface area contributed by atoms with E-state index in [1.54, 1.807) is 18.5 Å². The van der Waals surface area contributed by atoms with E-state index in [2.05, 4.69) is 21.4 Å². The van der Waals surface area contributed by atoms with Crippen LogP contribution in [0.15, 0.2) is 55.0 Å². The van der Waals surface area contributed by atoms with Crippen molar-refractivity contribution >= 4 is 22.5 Å². The Morgan fingerprint density at radius 1 is 1.20 bits per heavy atom. The van der Waals surface area contributed by atoms with Gasteiger partial charge in [-0.2, -0.15) is 0 Å². The number of carbonyl (C=O) groups is 1. The topological polar surface area (TPSA) is 57.8 Å². The van der Waals surface area contributed by atoms with Crippen LogP contribution in [0.2, 0.25) is 0 Å². The third kappa shape index (κ3) is 2.69. The predicted octanol–water partition coefficient (Wildman–Crippen LogP) is 3.13. The molecule has 0 radical (unpaired) electrons. The van der Waals surface area contributed by atoms with Gasteiger partial charge in [0.1, 0.15) is 0 Å². The number of pyridine rings is 1. The van der Waals surface area contributed by atoms with E-state index in [-0.39, 0.29) is 5.91 Å². The Morgan fingerprint density at radius 3 is 2.95 bits per heavy atom. The third-order valence-electron chi connectivity index (χ3n) is 3.24. The summed E-state index contributed by atoms with van der Waals surface area (Å²) in [6.07, 6.45) is 6.47. The Balaban J connectivity index is 1.63. The zero-order valence-corrected chi connectivity index (χ0v) is 11.0. The van der Waals surface area contributed by atoms with E-state index in [1.807, 2.05) is 30.5 Å². The number of carbonyl (C=O) groups excluding carboxylic acids is 1. The van der Waals surface area contributed by atoms with Gasteiger partial charge in [0.15, 0.2) is 0 Å². The summed E-state index contributed by atoms with van der Waals surface area (Å²) in [6, 6.07) is 11.7. The maximum absolute atomic E-state index is 11.9. The number of para-hydroxylation sites is 1. The first-order valence-electron chi connectivity index (χ1n) is 6.58. The highest BCUT2D eigenvalue weighted by atomic mass is 16.1. The molecule has 0 aliphatic rings. The monoisotopic (exact) mass is 265 g/mol. The number of aromatic nitrogens is 2. The lowest BCUT2D eigenvalue weighted by molar-refractivity contribution is -0.116. The standard InChI is InChI=1S/C16H15N3O/c20-16(19-13-4-3-9-17-11-13)8-7-12-10-18-15-6-2-1-5-14(12)15/h1-6,9-11,18H,7-8H2,(H,19,20). The van der Waals surface area contributed by atoms with E-state index in [9.17, 15) is 4.79 Å². The van der Waals surface area contributed by atoms with Crippen LogP contribution < -0.4 is 5.32 Å². The number of H-pyrrole nitrogens is 1. The summed E-state index contributed by atoms with van der Waals surface area (Å²) in [6.45, 7) is 0. The molecule has 2 aromatic heterocycles. The summed E-state index contributed by atoms with van der Waals surface area (Å²) in [7, 11) is 0. The number of fused-ring (bicyclic) bond motifs is 1. The normalized spacial score (nSPS) is 10.6. The average Bonchev–Trinajstić information content (AvgIpc) is 2.89. The Bertz CT molecular complexity index is 719. The number of aromatic amines is 1. The first kappa shape index (κ1) is 12.4. The minimum atomic E-state index is 0.00304. The fourth-order valence-corrected chi connectivity index (χ4v) is 2.25. The van der Waals surface area contributed by atoms with Crippen LogP contribution in [0.5, 0.6) is 0 Å². The van der Waals surface area contributed by atoms with Crippen molar-refractivity contribution < 1.29 is 4.79 Å². The molecule has 0 saturated carbocycles. The molecule has 3 aromatic rings. The molecule has 100 valence electrons. The molecule has 4 heteroatoms. The summed E-state index contributed by atoms with van der Waals surface area (Å²) < 4.78 is 0. The maximum atomic E-state index is 11.9. The number of nitrogens with zero attached hydrogens (tertiary/aromatic N) is 1. The molecule has 0 saturated heterocycles.